The average Bonchev–Trinajstić information content (AvgIpc) is 2.90. The van der Waals surface area contributed by atoms with Gasteiger partial charge in [0.25, 0.3) is 0 Å². The monoisotopic (exact) mass is 318 g/mol. The summed E-state index contributed by atoms with van der Waals surface area (Å²) in [4.78, 5) is 15.0. The first-order valence-corrected chi connectivity index (χ1v) is 8.08. The van der Waals surface area contributed by atoms with Gasteiger partial charge in [-0.05, 0) is 30.2 Å². The van der Waals surface area contributed by atoms with E-state index in [1.807, 2.05) is 23.1 Å². The molecule has 1 aliphatic heterocycles. The van der Waals surface area contributed by atoms with Crippen LogP contribution in [-0.2, 0) is 11.2 Å². The first-order chi connectivity index (χ1) is 10.2. The third-order valence-corrected chi connectivity index (χ3v) is 5.09. The fourth-order valence-electron chi connectivity index (χ4n) is 2.49. The summed E-state index contributed by atoms with van der Waals surface area (Å²) in [6, 6.07) is 13.4. The molecule has 0 saturated carbocycles. The van der Waals surface area contributed by atoms with Crippen molar-refractivity contribution in [2.75, 3.05) is 22.9 Å². The summed E-state index contributed by atoms with van der Waals surface area (Å²) in [6.45, 7) is 0.747. The van der Waals surface area contributed by atoms with E-state index in [1.165, 1.54) is 17.3 Å². The number of halogens is 1. The number of anilines is 2. The molecule has 0 aliphatic carbocycles. The van der Waals surface area contributed by atoms with Crippen LogP contribution in [0, 0.1) is 0 Å². The molecule has 3 nitrogen and oxygen atoms in total. The summed E-state index contributed by atoms with van der Waals surface area (Å²) in [5.41, 5.74) is 8.77. The second kappa shape index (κ2) is 6.00. The SMILES string of the molecule is Nc1cccc(Cl)c1SCC(=O)N1CCc2ccccc21. The number of hydrogen-bond acceptors (Lipinski definition) is 3. The molecular weight excluding hydrogens is 304 g/mol. The standard InChI is InChI=1S/C16H15ClN2OS/c17-12-5-3-6-13(18)16(12)21-10-15(20)19-9-8-11-4-1-2-7-14(11)19/h1-7H,8-10,18H2. The van der Waals surface area contributed by atoms with Crippen LogP contribution >= 0.6 is 23.4 Å². The number of nitrogens with zero attached hydrogens (tertiary/aromatic N) is 1. The molecule has 2 aromatic rings. The van der Waals surface area contributed by atoms with Gasteiger partial charge in [0.1, 0.15) is 0 Å². The van der Waals surface area contributed by atoms with Crippen molar-refractivity contribution in [2.24, 2.45) is 0 Å². The number of para-hydroxylation sites is 1. The fraction of sp³-hybridized carbons (Fsp3) is 0.188. The van der Waals surface area contributed by atoms with Crippen molar-refractivity contribution in [3.63, 3.8) is 0 Å². The van der Waals surface area contributed by atoms with E-state index in [1.54, 1.807) is 18.2 Å². The molecule has 0 bridgehead atoms. The Morgan fingerprint density at radius 1 is 1.24 bits per heavy atom. The van der Waals surface area contributed by atoms with Crippen LogP contribution in [0.25, 0.3) is 0 Å². The Bertz CT molecular complexity index is 669. The zero-order valence-electron chi connectivity index (χ0n) is 11.4. The van der Waals surface area contributed by atoms with Gasteiger partial charge in [0.05, 0.1) is 10.8 Å². The minimum absolute atomic E-state index is 0.0873. The molecule has 1 heterocycles. The Kier molecular flexibility index (Phi) is 4.08. The third kappa shape index (κ3) is 2.87. The molecule has 0 saturated heterocycles. The first kappa shape index (κ1) is 14.3. The number of carbonyl (C=O) groups excluding carboxylic acids is 1. The lowest BCUT2D eigenvalue weighted by atomic mass is 10.2. The maximum absolute atomic E-state index is 12.4. The highest BCUT2D eigenvalue weighted by Crippen LogP contribution is 2.34. The number of benzene rings is 2. The first-order valence-electron chi connectivity index (χ1n) is 6.72. The van der Waals surface area contributed by atoms with Crippen molar-refractivity contribution >= 4 is 40.6 Å². The Morgan fingerprint density at radius 2 is 2.05 bits per heavy atom. The van der Waals surface area contributed by atoms with Crippen LogP contribution in [-0.4, -0.2) is 18.2 Å². The van der Waals surface area contributed by atoms with E-state index < -0.39 is 0 Å². The summed E-state index contributed by atoms with van der Waals surface area (Å²) in [6.07, 6.45) is 0.917. The van der Waals surface area contributed by atoms with Crippen molar-refractivity contribution in [1.29, 1.82) is 0 Å². The summed E-state index contributed by atoms with van der Waals surface area (Å²) in [7, 11) is 0. The predicted octanol–water partition coefficient (Wildman–Crippen LogP) is 3.60. The number of amides is 1. The highest BCUT2D eigenvalue weighted by atomic mass is 35.5. The number of rotatable bonds is 3. The van der Waals surface area contributed by atoms with Crippen LogP contribution in [0.15, 0.2) is 47.4 Å². The number of nitrogens with two attached hydrogens (primary N) is 1. The molecule has 1 amide bonds. The van der Waals surface area contributed by atoms with Crippen molar-refractivity contribution in [3.05, 3.63) is 53.1 Å². The van der Waals surface area contributed by atoms with Gasteiger partial charge in [-0.3, -0.25) is 4.79 Å². The number of thioether (sulfide) groups is 1. The van der Waals surface area contributed by atoms with Gasteiger partial charge in [-0.15, -0.1) is 11.8 Å². The van der Waals surface area contributed by atoms with Gasteiger partial charge < -0.3 is 10.6 Å². The van der Waals surface area contributed by atoms with Crippen LogP contribution in [0.3, 0.4) is 0 Å². The van der Waals surface area contributed by atoms with Crippen molar-refractivity contribution < 1.29 is 4.79 Å². The van der Waals surface area contributed by atoms with E-state index in [-0.39, 0.29) is 5.91 Å². The van der Waals surface area contributed by atoms with Gasteiger partial charge in [-0.25, -0.2) is 0 Å². The molecule has 0 atom stereocenters. The van der Waals surface area contributed by atoms with Gasteiger partial charge in [0, 0.05) is 22.8 Å². The highest BCUT2D eigenvalue weighted by molar-refractivity contribution is 8.00. The quantitative estimate of drug-likeness (QED) is 0.694. The van der Waals surface area contributed by atoms with Gasteiger partial charge >= 0.3 is 0 Å². The lowest BCUT2D eigenvalue weighted by Crippen LogP contribution is -2.30. The van der Waals surface area contributed by atoms with Crippen LogP contribution in [0.4, 0.5) is 11.4 Å². The van der Waals surface area contributed by atoms with Crippen molar-refractivity contribution in [2.45, 2.75) is 11.3 Å². The molecule has 5 heteroatoms. The number of fused-ring (bicyclic) bond motifs is 1. The molecule has 0 radical (unpaired) electrons. The molecule has 0 fully saturated rings. The number of carbonyl (C=O) groups is 1. The molecule has 3 rings (SSSR count). The molecule has 2 N–H and O–H groups in total. The zero-order valence-corrected chi connectivity index (χ0v) is 13.0. The number of hydrogen-bond donors (Lipinski definition) is 1. The molecular formula is C16H15ClN2OS. The molecule has 1 aliphatic rings. The van der Waals surface area contributed by atoms with Gasteiger partial charge in [-0.1, -0.05) is 35.9 Å². The molecule has 0 spiro atoms. The minimum atomic E-state index is 0.0873. The largest absolute Gasteiger partial charge is 0.398 e. The summed E-state index contributed by atoms with van der Waals surface area (Å²) < 4.78 is 0. The van der Waals surface area contributed by atoms with Crippen molar-refractivity contribution in [1.82, 2.24) is 0 Å². The maximum Gasteiger partial charge on any atom is 0.237 e. The van der Waals surface area contributed by atoms with Crippen molar-refractivity contribution in [3.8, 4) is 0 Å². The third-order valence-electron chi connectivity index (χ3n) is 3.53. The van der Waals surface area contributed by atoms with E-state index in [2.05, 4.69) is 6.07 Å². The van der Waals surface area contributed by atoms with Gasteiger partial charge in [-0.2, -0.15) is 0 Å². The van der Waals surface area contributed by atoms with Gasteiger partial charge in [0.15, 0.2) is 0 Å². The second-order valence-corrected chi connectivity index (χ2v) is 6.26. The van der Waals surface area contributed by atoms with Crippen LogP contribution in [0.2, 0.25) is 5.02 Å². The summed E-state index contributed by atoms with van der Waals surface area (Å²) >= 11 is 7.52. The summed E-state index contributed by atoms with van der Waals surface area (Å²) in [5, 5.41) is 0.592. The highest BCUT2D eigenvalue weighted by Gasteiger charge is 2.24. The van der Waals surface area contributed by atoms with Crippen LogP contribution in [0.1, 0.15) is 5.56 Å². The molecule has 0 aromatic heterocycles. The molecule has 21 heavy (non-hydrogen) atoms. The van der Waals surface area contributed by atoms with Crippen LogP contribution < -0.4 is 10.6 Å². The molecule has 108 valence electrons. The summed E-state index contributed by atoms with van der Waals surface area (Å²) in [5.74, 6) is 0.423. The molecule has 0 unspecified atom stereocenters. The van der Waals surface area contributed by atoms with E-state index >= 15 is 0 Å². The predicted molar refractivity (Wildman–Crippen MR) is 89.1 cm³/mol. The average molecular weight is 319 g/mol. The minimum Gasteiger partial charge on any atom is -0.398 e. The Morgan fingerprint density at radius 3 is 2.86 bits per heavy atom. The molecule has 2 aromatic carbocycles. The fourth-order valence-corrected chi connectivity index (χ4v) is 3.70. The topological polar surface area (TPSA) is 46.3 Å². The van der Waals surface area contributed by atoms with E-state index in [4.69, 9.17) is 17.3 Å². The van der Waals surface area contributed by atoms with Crippen LogP contribution in [0.5, 0.6) is 0 Å². The second-order valence-electron chi connectivity index (χ2n) is 4.87. The smallest absolute Gasteiger partial charge is 0.237 e. The van der Waals surface area contributed by atoms with Gasteiger partial charge in [0.2, 0.25) is 5.91 Å². The number of nitrogen functional groups attached to an aromatic ring is 1. The Hall–Kier alpha value is -1.65. The zero-order chi connectivity index (χ0) is 14.8. The van der Waals surface area contributed by atoms with E-state index in [0.717, 1.165) is 23.5 Å². The Balaban J connectivity index is 1.71. The lowest BCUT2D eigenvalue weighted by Gasteiger charge is -2.17. The maximum atomic E-state index is 12.4. The van der Waals surface area contributed by atoms with E-state index in [9.17, 15) is 4.79 Å². The normalized spacial score (nSPS) is 13.3. The lowest BCUT2D eigenvalue weighted by molar-refractivity contribution is -0.116. The van der Waals surface area contributed by atoms with E-state index in [0.29, 0.717) is 16.5 Å². The Labute approximate surface area is 133 Å².